The molecule has 1 aromatic rings. The topological polar surface area (TPSA) is 50.8 Å². The molecule has 1 aliphatic heterocycles. The van der Waals surface area contributed by atoms with Crippen LogP contribution in [0.1, 0.15) is 17.3 Å². The summed E-state index contributed by atoms with van der Waals surface area (Å²) in [5.74, 6) is 1.23. The van der Waals surface area contributed by atoms with Crippen molar-refractivity contribution in [2.75, 3.05) is 33.9 Å². The Morgan fingerprint density at radius 2 is 2.16 bits per heavy atom. The van der Waals surface area contributed by atoms with Gasteiger partial charge in [0.1, 0.15) is 11.5 Å². The van der Waals surface area contributed by atoms with E-state index in [4.69, 9.17) is 9.47 Å². The maximum Gasteiger partial charge on any atom is 0.258 e. The quantitative estimate of drug-likeness (QED) is 0.889. The molecule has 0 aromatic heterocycles. The van der Waals surface area contributed by atoms with Gasteiger partial charge < -0.3 is 19.7 Å². The van der Waals surface area contributed by atoms with Crippen molar-refractivity contribution >= 4 is 5.91 Å². The summed E-state index contributed by atoms with van der Waals surface area (Å²) < 4.78 is 10.5. The van der Waals surface area contributed by atoms with Gasteiger partial charge in [-0.25, -0.2) is 0 Å². The van der Waals surface area contributed by atoms with E-state index in [1.54, 1.807) is 32.4 Å². The molecule has 1 aromatic carbocycles. The fraction of sp³-hybridized carbons (Fsp3) is 0.500. The zero-order valence-corrected chi connectivity index (χ0v) is 11.6. The Kier molecular flexibility index (Phi) is 4.27. The van der Waals surface area contributed by atoms with E-state index in [-0.39, 0.29) is 11.9 Å². The largest absolute Gasteiger partial charge is 0.497 e. The van der Waals surface area contributed by atoms with Crippen molar-refractivity contribution in [3.63, 3.8) is 0 Å². The summed E-state index contributed by atoms with van der Waals surface area (Å²) in [5, 5.41) is 3.27. The van der Waals surface area contributed by atoms with E-state index in [0.29, 0.717) is 23.6 Å². The van der Waals surface area contributed by atoms with Gasteiger partial charge in [-0.1, -0.05) is 0 Å². The van der Waals surface area contributed by atoms with Crippen molar-refractivity contribution in [3.8, 4) is 11.5 Å². The second kappa shape index (κ2) is 5.93. The summed E-state index contributed by atoms with van der Waals surface area (Å²) in [6, 6.07) is 5.46. The number of piperazine rings is 1. The normalized spacial score (nSPS) is 19.1. The van der Waals surface area contributed by atoms with Gasteiger partial charge in [0.05, 0.1) is 19.8 Å². The first-order valence-electron chi connectivity index (χ1n) is 6.41. The van der Waals surface area contributed by atoms with E-state index >= 15 is 0 Å². The minimum absolute atomic E-state index is 0.00949. The Morgan fingerprint density at radius 1 is 1.37 bits per heavy atom. The smallest absolute Gasteiger partial charge is 0.258 e. The number of nitrogens with one attached hydrogen (secondary N) is 1. The Bertz CT molecular complexity index is 462. The molecule has 1 atom stereocenters. The van der Waals surface area contributed by atoms with Crippen LogP contribution in [0.2, 0.25) is 0 Å². The molecule has 1 unspecified atom stereocenters. The molecule has 5 heteroatoms. The zero-order chi connectivity index (χ0) is 13.8. The first-order valence-corrected chi connectivity index (χ1v) is 6.41. The van der Waals surface area contributed by atoms with Crippen LogP contribution in [-0.2, 0) is 0 Å². The van der Waals surface area contributed by atoms with E-state index < -0.39 is 0 Å². The molecule has 5 nitrogen and oxygen atoms in total. The van der Waals surface area contributed by atoms with Crippen LogP contribution in [0.15, 0.2) is 18.2 Å². The molecule has 1 N–H and O–H groups in total. The Hall–Kier alpha value is -1.75. The SMILES string of the molecule is COc1ccc(OC)c(C(=O)N2CCNCC2C)c1. The van der Waals surface area contributed by atoms with Crippen LogP contribution in [0, 0.1) is 0 Å². The van der Waals surface area contributed by atoms with Crippen LogP contribution >= 0.6 is 0 Å². The highest BCUT2D eigenvalue weighted by molar-refractivity contribution is 5.97. The lowest BCUT2D eigenvalue weighted by Crippen LogP contribution is -2.52. The molecular weight excluding hydrogens is 244 g/mol. The molecule has 1 heterocycles. The first kappa shape index (κ1) is 13.7. The van der Waals surface area contributed by atoms with Gasteiger partial charge in [-0.15, -0.1) is 0 Å². The van der Waals surface area contributed by atoms with E-state index in [9.17, 15) is 4.79 Å². The predicted octanol–water partition coefficient (Wildman–Crippen LogP) is 1.14. The first-order chi connectivity index (χ1) is 9.17. The predicted molar refractivity (Wildman–Crippen MR) is 72.9 cm³/mol. The van der Waals surface area contributed by atoms with E-state index in [1.165, 1.54) is 0 Å². The van der Waals surface area contributed by atoms with Gasteiger partial charge in [0, 0.05) is 25.7 Å². The number of hydrogen-bond acceptors (Lipinski definition) is 4. The number of carbonyl (C=O) groups excluding carboxylic acids is 1. The van der Waals surface area contributed by atoms with Gasteiger partial charge >= 0.3 is 0 Å². The van der Waals surface area contributed by atoms with Crippen LogP contribution in [0.5, 0.6) is 11.5 Å². The number of rotatable bonds is 3. The Balaban J connectivity index is 2.30. The number of ether oxygens (including phenoxy) is 2. The highest BCUT2D eigenvalue weighted by atomic mass is 16.5. The lowest BCUT2D eigenvalue weighted by Gasteiger charge is -2.34. The number of hydrogen-bond donors (Lipinski definition) is 1. The zero-order valence-electron chi connectivity index (χ0n) is 11.6. The van der Waals surface area contributed by atoms with Crippen LogP contribution in [0.3, 0.4) is 0 Å². The molecule has 0 spiro atoms. The highest BCUT2D eigenvalue weighted by Gasteiger charge is 2.26. The summed E-state index contributed by atoms with van der Waals surface area (Å²) in [7, 11) is 3.16. The van der Waals surface area contributed by atoms with Crippen molar-refractivity contribution in [2.24, 2.45) is 0 Å². The molecule has 0 radical (unpaired) electrons. The fourth-order valence-electron chi connectivity index (χ4n) is 2.28. The molecule has 0 saturated carbocycles. The van der Waals surface area contributed by atoms with E-state index in [1.807, 2.05) is 11.8 Å². The summed E-state index contributed by atoms with van der Waals surface area (Å²) in [4.78, 5) is 14.5. The molecule has 104 valence electrons. The van der Waals surface area contributed by atoms with Gasteiger partial charge in [0.15, 0.2) is 0 Å². The lowest BCUT2D eigenvalue weighted by atomic mass is 10.1. The standard InChI is InChI=1S/C14H20N2O3/c1-10-9-15-6-7-16(10)14(17)12-8-11(18-2)4-5-13(12)19-3/h4-5,8,10,15H,6-7,9H2,1-3H3. The molecule has 1 fully saturated rings. The Labute approximate surface area is 113 Å². The molecular formula is C14H20N2O3. The van der Waals surface area contributed by atoms with Crippen molar-refractivity contribution in [3.05, 3.63) is 23.8 Å². The highest BCUT2D eigenvalue weighted by Crippen LogP contribution is 2.26. The molecule has 19 heavy (non-hydrogen) atoms. The van der Waals surface area contributed by atoms with E-state index in [0.717, 1.165) is 13.1 Å². The van der Waals surface area contributed by atoms with E-state index in [2.05, 4.69) is 5.32 Å². The van der Waals surface area contributed by atoms with Crippen LogP contribution in [0.25, 0.3) is 0 Å². The average Bonchev–Trinajstić information content (AvgIpc) is 2.46. The van der Waals surface area contributed by atoms with Crippen molar-refractivity contribution in [1.82, 2.24) is 10.2 Å². The number of nitrogens with zero attached hydrogens (tertiary/aromatic N) is 1. The number of methoxy groups -OCH3 is 2. The third-order valence-corrected chi connectivity index (χ3v) is 3.40. The maximum atomic E-state index is 12.6. The number of amides is 1. The summed E-state index contributed by atoms with van der Waals surface area (Å²) >= 11 is 0. The van der Waals surface area contributed by atoms with Gasteiger partial charge in [-0.3, -0.25) is 4.79 Å². The second-order valence-corrected chi connectivity index (χ2v) is 4.62. The fourth-order valence-corrected chi connectivity index (χ4v) is 2.28. The van der Waals surface area contributed by atoms with Crippen LogP contribution in [-0.4, -0.2) is 50.7 Å². The summed E-state index contributed by atoms with van der Waals surface area (Å²) in [6.07, 6.45) is 0. The van der Waals surface area contributed by atoms with Crippen molar-refractivity contribution < 1.29 is 14.3 Å². The van der Waals surface area contributed by atoms with Gasteiger partial charge in [0.25, 0.3) is 5.91 Å². The number of benzene rings is 1. The molecule has 1 amide bonds. The molecule has 1 saturated heterocycles. The monoisotopic (exact) mass is 264 g/mol. The second-order valence-electron chi connectivity index (χ2n) is 4.62. The van der Waals surface area contributed by atoms with Gasteiger partial charge in [0.2, 0.25) is 0 Å². The molecule has 0 bridgehead atoms. The lowest BCUT2D eigenvalue weighted by molar-refractivity contribution is 0.0652. The van der Waals surface area contributed by atoms with Crippen LogP contribution < -0.4 is 14.8 Å². The van der Waals surface area contributed by atoms with Crippen molar-refractivity contribution in [2.45, 2.75) is 13.0 Å². The maximum absolute atomic E-state index is 12.6. The third-order valence-electron chi connectivity index (χ3n) is 3.40. The van der Waals surface area contributed by atoms with Gasteiger partial charge in [-0.2, -0.15) is 0 Å². The molecule has 2 rings (SSSR count). The van der Waals surface area contributed by atoms with Crippen LogP contribution in [0.4, 0.5) is 0 Å². The van der Waals surface area contributed by atoms with Crippen molar-refractivity contribution in [1.29, 1.82) is 0 Å². The average molecular weight is 264 g/mol. The third kappa shape index (κ3) is 2.81. The molecule has 0 aliphatic carbocycles. The minimum Gasteiger partial charge on any atom is -0.497 e. The molecule has 1 aliphatic rings. The minimum atomic E-state index is -0.00949. The number of carbonyl (C=O) groups is 1. The van der Waals surface area contributed by atoms with Gasteiger partial charge in [-0.05, 0) is 25.1 Å². The summed E-state index contributed by atoms with van der Waals surface area (Å²) in [5.41, 5.74) is 0.551. The Morgan fingerprint density at radius 3 is 2.79 bits per heavy atom. The summed E-state index contributed by atoms with van der Waals surface area (Å²) in [6.45, 7) is 4.39.